The van der Waals surface area contributed by atoms with Crippen LogP contribution in [0.2, 0.25) is 5.02 Å². The maximum atomic E-state index is 12.9. The Morgan fingerprint density at radius 3 is 2.71 bits per heavy atom. The molecule has 1 unspecified atom stereocenters. The van der Waals surface area contributed by atoms with Crippen molar-refractivity contribution < 1.29 is 9.32 Å². The van der Waals surface area contributed by atoms with Crippen LogP contribution >= 0.6 is 11.6 Å². The molecule has 1 aliphatic heterocycles. The second kappa shape index (κ2) is 8.31. The number of aromatic nitrogens is 5. The lowest BCUT2D eigenvalue weighted by Crippen LogP contribution is -2.40. The first-order chi connectivity index (χ1) is 15.2. The van der Waals surface area contributed by atoms with Crippen LogP contribution in [0.5, 0.6) is 0 Å². The third-order valence-electron chi connectivity index (χ3n) is 5.34. The highest BCUT2D eigenvalue weighted by Gasteiger charge is 2.27. The number of amides is 1. The molecule has 1 atom stereocenters. The zero-order chi connectivity index (χ0) is 21.2. The molecule has 9 heteroatoms. The van der Waals surface area contributed by atoms with Crippen molar-refractivity contribution in [1.29, 1.82) is 0 Å². The van der Waals surface area contributed by atoms with Crippen LogP contribution in [-0.4, -0.2) is 49.0 Å². The molecule has 0 saturated carbocycles. The summed E-state index contributed by atoms with van der Waals surface area (Å²) in [5, 5.41) is 13.1. The molecule has 3 heterocycles. The zero-order valence-corrected chi connectivity index (χ0v) is 17.3. The van der Waals surface area contributed by atoms with Crippen LogP contribution in [0.15, 0.2) is 65.3 Å². The molecule has 4 aromatic rings. The molecule has 0 aliphatic carbocycles. The summed E-state index contributed by atoms with van der Waals surface area (Å²) in [6, 6.07) is 16.6. The quantitative estimate of drug-likeness (QED) is 0.479. The zero-order valence-electron chi connectivity index (χ0n) is 16.6. The molecule has 0 bridgehead atoms. The van der Waals surface area contributed by atoms with E-state index in [9.17, 15) is 4.79 Å². The number of rotatable bonds is 4. The molecule has 1 fully saturated rings. The third kappa shape index (κ3) is 4.06. The van der Waals surface area contributed by atoms with Crippen molar-refractivity contribution in [1.82, 2.24) is 30.0 Å². The summed E-state index contributed by atoms with van der Waals surface area (Å²) in [6.07, 6.45) is 3.59. The van der Waals surface area contributed by atoms with Crippen molar-refractivity contribution in [3.63, 3.8) is 0 Å². The highest BCUT2D eigenvalue weighted by Crippen LogP contribution is 2.25. The van der Waals surface area contributed by atoms with E-state index in [-0.39, 0.29) is 11.9 Å². The van der Waals surface area contributed by atoms with Crippen LogP contribution in [0.25, 0.3) is 23.0 Å². The molecule has 0 N–H and O–H groups in total. The third-order valence-corrected chi connectivity index (χ3v) is 5.59. The minimum Gasteiger partial charge on any atom is -0.337 e. The normalized spacial score (nSPS) is 16.4. The fraction of sp³-hybridized carbons (Fsp3) is 0.227. The van der Waals surface area contributed by atoms with E-state index in [0.29, 0.717) is 41.1 Å². The Bertz CT molecular complexity index is 1190. The number of hydrogen-bond acceptors (Lipinski definition) is 6. The molecule has 1 amide bonds. The summed E-state index contributed by atoms with van der Waals surface area (Å²) < 4.78 is 7.16. The summed E-state index contributed by atoms with van der Waals surface area (Å²) in [5.41, 5.74) is 2.01. The molecule has 5 rings (SSSR count). The SMILES string of the molecule is O=C(c1ccc(Cl)cc1)N1CCCC(n2cc(-c3nc(-c4ccccc4)no3)nn2)C1. The Hall–Kier alpha value is -3.52. The van der Waals surface area contributed by atoms with Crippen LogP contribution < -0.4 is 0 Å². The number of halogens is 1. The highest BCUT2D eigenvalue weighted by molar-refractivity contribution is 6.30. The first kappa shape index (κ1) is 19.4. The monoisotopic (exact) mass is 434 g/mol. The predicted octanol–water partition coefficient (Wildman–Crippen LogP) is 4.13. The van der Waals surface area contributed by atoms with Gasteiger partial charge < -0.3 is 9.42 Å². The van der Waals surface area contributed by atoms with E-state index >= 15 is 0 Å². The molecule has 156 valence electrons. The standard InChI is InChI=1S/C22H19ClN6O2/c23-17-10-8-16(9-11-17)22(30)28-12-4-7-18(13-28)29-14-19(25-27-29)21-24-20(26-31-21)15-5-2-1-3-6-15/h1-3,5-6,8-11,14,18H,4,7,12-13H2. The number of carbonyl (C=O) groups is 1. The summed E-state index contributed by atoms with van der Waals surface area (Å²) in [6.45, 7) is 1.27. The second-order valence-electron chi connectivity index (χ2n) is 7.43. The molecule has 2 aromatic carbocycles. The number of likely N-dealkylation sites (tertiary alicyclic amines) is 1. The number of piperidine rings is 1. The maximum Gasteiger partial charge on any atom is 0.280 e. The first-order valence-corrected chi connectivity index (χ1v) is 10.4. The number of carbonyl (C=O) groups excluding carboxylic acids is 1. The largest absolute Gasteiger partial charge is 0.337 e. The summed E-state index contributed by atoms with van der Waals surface area (Å²) in [7, 11) is 0. The van der Waals surface area contributed by atoms with Crippen molar-refractivity contribution in [3.8, 4) is 23.0 Å². The van der Waals surface area contributed by atoms with E-state index in [0.717, 1.165) is 18.4 Å². The van der Waals surface area contributed by atoms with Gasteiger partial charge in [-0.15, -0.1) is 5.10 Å². The lowest BCUT2D eigenvalue weighted by molar-refractivity contribution is 0.0672. The number of benzene rings is 2. The van der Waals surface area contributed by atoms with Crippen LogP contribution in [0.1, 0.15) is 29.2 Å². The Morgan fingerprint density at radius 2 is 1.90 bits per heavy atom. The lowest BCUT2D eigenvalue weighted by atomic mass is 10.0. The van der Waals surface area contributed by atoms with Crippen molar-refractivity contribution >= 4 is 17.5 Å². The molecular weight excluding hydrogens is 416 g/mol. The van der Waals surface area contributed by atoms with Crippen molar-refractivity contribution in [2.75, 3.05) is 13.1 Å². The summed E-state index contributed by atoms with van der Waals surface area (Å²) in [4.78, 5) is 19.1. The Labute approximate surface area is 183 Å². The van der Waals surface area contributed by atoms with Gasteiger partial charge in [-0.05, 0) is 37.1 Å². The maximum absolute atomic E-state index is 12.9. The Kier molecular flexibility index (Phi) is 5.21. The molecule has 2 aromatic heterocycles. The van der Waals surface area contributed by atoms with E-state index in [4.69, 9.17) is 16.1 Å². The van der Waals surface area contributed by atoms with E-state index in [1.54, 1.807) is 35.1 Å². The van der Waals surface area contributed by atoms with Gasteiger partial charge in [0.25, 0.3) is 11.8 Å². The second-order valence-corrected chi connectivity index (χ2v) is 7.86. The van der Waals surface area contributed by atoms with Crippen molar-refractivity contribution in [3.05, 3.63) is 71.4 Å². The Morgan fingerprint density at radius 1 is 1.10 bits per heavy atom. The predicted molar refractivity (Wildman–Crippen MR) is 114 cm³/mol. The molecule has 1 saturated heterocycles. The molecule has 1 aliphatic rings. The van der Waals surface area contributed by atoms with Gasteiger partial charge in [-0.25, -0.2) is 4.68 Å². The van der Waals surface area contributed by atoms with Crippen LogP contribution in [0, 0.1) is 0 Å². The average molecular weight is 435 g/mol. The molecule has 0 spiro atoms. The van der Waals surface area contributed by atoms with Crippen molar-refractivity contribution in [2.45, 2.75) is 18.9 Å². The number of hydrogen-bond donors (Lipinski definition) is 0. The molecule has 8 nitrogen and oxygen atoms in total. The van der Waals surface area contributed by atoms with Gasteiger partial charge in [0.05, 0.1) is 12.2 Å². The van der Waals surface area contributed by atoms with Crippen LogP contribution in [-0.2, 0) is 0 Å². The van der Waals surface area contributed by atoms with E-state index in [1.807, 2.05) is 35.2 Å². The first-order valence-electron chi connectivity index (χ1n) is 10.0. The minimum absolute atomic E-state index is 0.00823. The highest BCUT2D eigenvalue weighted by atomic mass is 35.5. The Balaban J connectivity index is 1.31. The van der Waals surface area contributed by atoms with Gasteiger partial charge in [0.1, 0.15) is 0 Å². The fourth-order valence-corrected chi connectivity index (χ4v) is 3.84. The molecular formula is C22H19ClN6O2. The summed E-state index contributed by atoms with van der Waals surface area (Å²) in [5.74, 6) is 0.809. The lowest BCUT2D eigenvalue weighted by Gasteiger charge is -2.32. The topological polar surface area (TPSA) is 89.9 Å². The van der Waals surface area contributed by atoms with Gasteiger partial charge in [0.15, 0.2) is 5.69 Å². The van der Waals surface area contributed by atoms with Gasteiger partial charge in [0.2, 0.25) is 5.82 Å². The summed E-state index contributed by atoms with van der Waals surface area (Å²) >= 11 is 5.93. The van der Waals surface area contributed by atoms with E-state index in [1.165, 1.54) is 0 Å². The van der Waals surface area contributed by atoms with Crippen LogP contribution in [0.3, 0.4) is 0 Å². The van der Waals surface area contributed by atoms with E-state index in [2.05, 4.69) is 20.5 Å². The molecule has 31 heavy (non-hydrogen) atoms. The number of nitrogens with zero attached hydrogens (tertiary/aromatic N) is 6. The smallest absolute Gasteiger partial charge is 0.280 e. The van der Waals surface area contributed by atoms with Gasteiger partial charge in [-0.3, -0.25) is 4.79 Å². The fourth-order valence-electron chi connectivity index (χ4n) is 3.72. The van der Waals surface area contributed by atoms with Crippen molar-refractivity contribution in [2.24, 2.45) is 0 Å². The minimum atomic E-state index is -0.00823. The molecule has 0 radical (unpaired) electrons. The van der Waals surface area contributed by atoms with Gasteiger partial charge in [-0.1, -0.05) is 52.3 Å². The van der Waals surface area contributed by atoms with Crippen LogP contribution in [0.4, 0.5) is 0 Å². The van der Waals surface area contributed by atoms with Gasteiger partial charge in [0, 0.05) is 29.2 Å². The van der Waals surface area contributed by atoms with Gasteiger partial charge in [-0.2, -0.15) is 4.98 Å². The van der Waals surface area contributed by atoms with E-state index < -0.39 is 0 Å². The average Bonchev–Trinajstić information content (AvgIpc) is 3.50. The van der Waals surface area contributed by atoms with Gasteiger partial charge >= 0.3 is 0 Å².